The lowest BCUT2D eigenvalue weighted by Crippen LogP contribution is -2.43. The Balaban J connectivity index is 2.04. The van der Waals surface area contributed by atoms with Gasteiger partial charge < -0.3 is 5.32 Å². The first-order chi connectivity index (χ1) is 7.63. The van der Waals surface area contributed by atoms with Crippen molar-refractivity contribution in [3.05, 3.63) is 5.01 Å². The Morgan fingerprint density at radius 2 is 2.12 bits per heavy atom. The molecule has 1 heterocycles. The standard InChI is InChI=1S/C11H18ClN3S/c1-8-3-5-11(7-12,6-4-8)13-10-15-14-9(2)16-10/h8H,3-7H2,1-2H3,(H,13,15). The van der Waals surface area contributed by atoms with Crippen LogP contribution < -0.4 is 5.32 Å². The van der Waals surface area contributed by atoms with Gasteiger partial charge in [0.25, 0.3) is 0 Å². The summed E-state index contributed by atoms with van der Waals surface area (Å²) in [7, 11) is 0. The topological polar surface area (TPSA) is 37.8 Å². The predicted molar refractivity (Wildman–Crippen MR) is 69.4 cm³/mol. The molecule has 1 aliphatic carbocycles. The first kappa shape index (κ1) is 12.1. The van der Waals surface area contributed by atoms with E-state index in [4.69, 9.17) is 11.6 Å². The van der Waals surface area contributed by atoms with Gasteiger partial charge in [0.2, 0.25) is 5.13 Å². The van der Waals surface area contributed by atoms with Crippen molar-refractivity contribution in [1.82, 2.24) is 10.2 Å². The number of hydrogen-bond donors (Lipinski definition) is 1. The minimum atomic E-state index is 0.0417. The SMILES string of the molecule is Cc1nnc(NC2(CCl)CCC(C)CC2)s1. The summed E-state index contributed by atoms with van der Waals surface area (Å²) >= 11 is 7.74. The Labute approximate surface area is 106 Å². The summed E-state index contributed by atoms with van der Waals surface area (Å²) in [6.07, 6.45) is 4.77. The molecule has 0 saturated heterocycles. The molecule has 90 valence electrons. The van der Waals surface area contributed by atoms with Crippen LogP contribution in [0.2, 0.25) is 0 Å². The summed E-state index contributed by atoms with van der Waals surface area (Å²) in [5, 5.41) is 13.6. The maximum atomic E-state index is 6.14. The molecular weight excluding hydrogens is 242 g/mol. The van der Waals surface area contributed by atoms with Gasteiger partial charge in [-0.25, -0.2) is 0 Å². The molecule has 0 spiro atoms. The van der Waals surface area contributed by atoms with Gasteiger partial charge in [0.05, 0.1) is 5.54 Å². The maximum absolute atomic E-state index is 6.14. The molecule has 0 atom stereocenters. The molecule has 0 radical (unpaired) electrons. The second-order valence-corrected chi connectivity index (χ2v) is 6.30. The number of rotatable bonds is 3. The van der Waals surface area contributed by atoms with Crippen molar-refractivity contribution < 1.29 is 0 Å². The molecule has 0 unspecified atom stereocenters. The van der Waals surface area contributed by atoms with Gasteiger partial charge in [-0.1, -0.05) is 18.3 Å². The summed E-state index contributed by atoms with van der Waals surface area (Å²) in [5.74, 6) is 1.48. The van der Waals surface area contributed by atoms with Crippen LogP contribution in [0, 0.1) is 12.8 Å². The molecule has 1 aromatic heterocycles. The van der Waals surface area contributed by atoms with Gasteiger partial charge in [0.15, 0.2) is 0 Å². The van der Waals surface area contributed by atoms with Crippen molar-refractivity contribution in [2.24, 2.45) is 5.92 Å². The molecule has 1 aliphatic rings. The number of halogens is 1. The highest BCUT2D eigenvalue weighted by Gasteiger charge is 2.34. The van der Waals surface area contributed by atoms with Gasteiger partial charge in [-0.3, -0.25) is 0 Å². The molecule has 2 rings (SSSR count). The third-order valence-corrected chi connectivity index (χ3v) is 4.65. The molecule has 1 fully saturated rings. The normalized spacial score (nSPS) is 30.3. The predicted octanol–water partition coefficient (Wildman–Crippen LogP) is 3.45. The molecule has 16 heavy (non-hydrogen) atoms. The van der Waals surface area contributed by atoms with Crippen LogP contribution in [0.1, 0.15) is 37.6 Å². The van der Waals surface area contributed by atoms with E-state index in [0.717, 1.165) is 28.9 Å². The van der Waals surface area contributed by atoms with E-state index in [1.807, 2.05) is 6.92 Å². The van der Waals surface area contributed by atoms with Crippen molar-refractivity contribution >= 4 is 28.1 Å². The first-order valence-corrected chi connectivity index (χ1v) is 7.13. The van der Waals surface area contributed by atoms with Crippen LogP contribution in [0.25, 0.3) is 0 Å². The molecule has 1 saturated carbocycles. The van der Waals surface area contributed by atoms with Gasteiger partial charge in [0, 0.05) is 5.88 Å². The fraction of sp³-hybridized carbons (Fsp3) is 0.818. The summed E-state index contributed by atoms with van der Waals surface area (Å²) in [5.41, 5.74) is 0.0417. The number of alkyl halides is 1. The van der Waals surface area contributed by atoms with Gasteiger partial charge in [-0.05, 0) is 38.5 Å². The molecule has 0 bridgehead atoms. The van der Waals surface area contributed by atoms with E-state index in [9.17, 15) is 0 Å². The number of anilines is 1. The molecule has 1 aromatic rings. The van der Waals surface area contributed by atoms with E-state index >= 15 is 0 Å². The second-order valence-electron chi connectivity index (χ2n) is 4.85. The van der Waals surface area contributed by atoms with Gasteiger partial charge >= 0.3 is 0 Å². The zero-order valence-electron chi connectivity index (χ0n) is 9.79. The van der Waals surface area contributed by atoms with Crippen molar-refractivity contribution in [1.29, 1.82) is 0 Å². The highest BCUT2D eigenvalue weighted by atomic mass is 35.5. The number of aromatic nitrogens is 2. The monoisotopic (exact) mass is 259 g/mol. The molecule has 0 amide bonds. The van der Waals surface area contributed by atoms with Crippen LogP contribution in [0.4, 0.5) is 5.13 Å². The summed E-state index contributed by atoms with van der Waals surface area (Å²) in [6, 6.07) is 0. The fourth-order valence-electron chi connectivity index (χ4n) is 2.18. The Morgan fingerprint density at radius 3 is 2.62 bits per heavy atom. The molecule has 0 aliphatic heterocycles. The third-order valence-electron chi connectivity index (χ3n) is 3.39. The highest BCUT2D eigenvalue weighted by Crippen LogP contribution is 2.36. The summed E-state index contributed by atoms with van der Waals surface area (Å²) < 4.78 is 0. The molecule has 5 heteroatoms. The van der Waals surface area contributed by atoms with Crippen LogP contribution >= 0.6 is 22.9 Å². The van der Waals surface area contributed by atoms with Crippen LogP contribution in [0.5, 0.6) is 0 Å². The lowest BCUT2D eigenvalue weighted by Gasteiger charge is -2.38. The molecule has 0 aromatic carbocycles. The fourth-order valence-corrected chi connectivity index (χ4v) is 3.23. The van der Waals surface area contributed by atoms with Crippen molar-refractivity contribution in [3.63, 3.8) is 0 Å². The van der Waals surface area contributed by atoms with Crippen molar-refractivity contribution in [2.75, 3.05) is 11.2 Å². The smallest absolute Gasteiger partial charge is 0.206 e. The Kier molecular flexibility index (Phi) is 3.70. The first-order valence-electron chi connectivity index (χ1n) is 5.78. The average molecular weight is 260 g/mol. The van der Waals surface area contributed by atoms with Crippen LogP contribution in [-0.2, 0) is 0 Å². The average Bonchev–Trinajstić information content (AvgIpc) is 2.68. The van der Waals surface area contributed by atoms with Crippen molar-refractivity contribution in [3.8, 4) is 0 Å². The van der Waals surface area contributed by atoms with Crippen LogP contribution in [0.15, 0.2) is 0 Å². The molecule has 3 nitrogen and oxygen atoms in total. The van der Waals surface area contributed by atoms with Gasteiger partial charge in [0.1, 0.15) is 5.01 Å². The Bertz CT molecular complexity index is 345. The second kappa shape index (κ2) is 4.88. The number of nitrogens with one attached hydrogen (secondary N) is 1. The summed E-state index contributed by atoms with van der Waals surface area (Å²) in [6.45, 7) is 4.28. The van der Waals surface area contributed by atoms with E-state index in [-0.39, 0.29) is 5.54 Å². The highest BCUT2D eigenvalue weighted by molar-refractivity contribution is 7.15. The Morgan fingerprint density at radius 1 is 1.44 bits per heavy atom. The van der Waals surface area contributed by atoms with Gasteiger partial charge in [-0.2, -0.15) is 0 Å². The van der Waals surface area contributed by atoms with E-state index in [0.29, 0.717) is 5.88 Å². The van der Waals surface area contributed by atoms with E-state index in [1.54, 1.807) is 11.3 Å². The Hall–Kier alpha value is -0.350. The lowest BCUT2D eigenvalue weighted by molar-refractivity contribution is 0.287. The lowest BCUT2D eigenvalue weighted by atomic mass is 9.78. The van der Waals surface area contributed by atoms with Gasteiger partial charge in [-0.15, -0.1) is 21.8 Å². The third kappa shape index (κ3) is 2.66. The maximum Gasteiger partial charge on any atom is 0.206 e. The minimum Gasteiger partial charge on any atom is -0.353 e. The van der Waals surface area contributed by atoms with E-state index < -0.39 is 0 Å². The molecule has 1 N–H and O–H groups in total. The van der Waals surface area contributed by atoms with E-state index in [2.05, 4.69) is 22.4 Å². The number of nitrogens with zero attached hydrogens (tertiary/aromatic N) is 2. The largest absolute Gasteiger partial charge is 0.353 e. The number of hydrogen-bond acceptors (Lipinski definition) is 4. The zero-order valence-corrected chi connectivity index (χ0v) is 11.4. The molecular formula is C11H18ClN3S. The number of aryl methyl sites for hydroxylation is 1. The minimum absolute atomic E-state index is 0.0417. The van der Waals surface area contributed by atoms with Crippen LogP contribution in [0.3, 0.4) is 0 Å². The quantitative estimate of drug-likeness (QED) is 0.845. The van der Waals surface area contributed by atoms with Crippen LogP contribution in [-0.4, -0.2) is 21.6 Å². The zero-order chi connectivity index (χ0) is 11.6. The van der Waals surface area contributed by atoms with E-state index in [1.165, 1.54) is 12.8 Å². The summed E-state index contributed by atoms with van der Waals surface area (Å²) in [4.78, 5) is 0. The van der Waals surface area contributed by atoms with Crippen molar-refractivity contribution in [2.45, 2.75) is 45.1 Å².